The normalized spacial score (nSPS) is 15.4. The molecule has 0 bridgehead atoms. The van der Waals surface area contributed by atoms with Crippen LogP contribution in [0.4, 0.5) is 0 Å². The van der Waals surface area contributed by atoms with Crippen molar-refractivity contribution in [2.24, 2.45) is 0 Å². The van der Waals surface area contributed by atoms with Gasteiger partial charge < -0.3 is 14.2 Å². The van der Waals surface area contributed by atoms with E-state index in [0.29, 0.717) is 55.2 Å². The molecule has 116 valence electrons. The summed E-state index contributed by atoms with van der Waals surface area (Å²) in [6, 6.07) is 5.30. The fourth-order valence-electron chi connectivity index (χ4n) is 2.74. The van der Waals surface area contributed by atoms with E-state index in [1.807, 2.05) is 11.8 Å². The van der Waals surface area contributed by atoms with Gasteiger partial charge >= 0.3 is 0 Å². The summed E-state index contributed by atoms with van der Waals surface area (Å²) >= 11 is 0. The summed E-state index contributed by atoms with van der Waals surface area (Å²) in [7, 11) is 0. The van der Waals surface area contributed by atoms with Crippen molar-refractivity contribution in [1.82, 2.24) is 14.8 Å². The smallest absolute Gasteiger partial charge is 0.254 e. The molecule has 0 unspecified atom stereocenters. The van der Waals surface area contributed by atoms with Crippen molar-refractivity contribution in [1.29, 1.82) is 0 Å². The van der Waals surface area contributed by atoms with Gasteiger partial charge in [-0.05, 0) is 18.2 Å². The standard InChI is InChI=1S/C16H19N3O3/c1-3-15(20)18-6-8-19(9-7-18)16(21)12-4-5-14-13(10-12)17-11(2)22-14/h4-5,10H,3,6-9H2,1-2H3. The number of fused-ring (bicyclic) bond motifs is 1. The van der Waals surface area contributed by atoms with Gasteiger partial charge in [-0.2, -0.15) is 0 Å². The van der Waals surface area contributed by atoms with E-state index in [-0.39, 0.29) is 11.8 Å². The minimum atomic E-state index is -0.0221. The summed E-state index contributed by atoms with van der Waals surface area (Å²) in [6.45, 7) is 5.98. The topological polar surface area (TPSA) is 66.7 Å². The molecule has 0 spiro atoms. The zero-order valence-corrected chi connectivity index (χ0v) is 12.8. The van der Waals surface area contributed by atoms with Gasteiger partial charge in [-0.25, -0.2) is 4.98 Å². The third kappa shape index (κ3) is 2.68. The Balaban J connectivity index is 1.72. The average molecular weight is 301 g/mol. The van der Waals surface area contributed by atoms with E-state index in [4.69, 9.17) is 4.42 Å². The molecule has 1 aliphatic heterocycles. The molecule has 6 nitrogen and oxygen atoms in total. The first-order valence-electron chi connectivity index (χ1n) is 7.52. The summed E-state index contributed by atoms with van der Waals surface area (Å²) < 4.78 is 5.42. The summed E-state index contributed by atoms with van der Waals surface area (Å²) in [5.74, 6) is 0.712. The van der Waals surface area contributed by atoms with E-state index in [1.54, 1.807) is 30.0 Å². The van der Waals surface area contributed by atoms with Crippen LogP contribution in [0, 0.1) is 6.92 Å². The Morgan fingerprint density at radius 3 is 2.55 bits per heavy atom. The van der Waals surface area contributed by atoms with Crippen molar-refractivity contribution >= 4 is 22.9 Å². The maximum Gasteiger partial charge on any atom is 0.254 e. The molecule has 2 heterocycles. The SMILES string of the molecule is CCC(=O)N1CCN(C(=O)c2ccc3oc(C)nc3c2)CC1. The predicted molar refractivity (Wildman–Crippen MR) is 81.5 cm³/mol. The van der Waals surface area contributed by atoms with Crippen LogP contribution in [0.5, 0.6) is 0 Å². The highest BCUT2D eigenvalue weighted by Gasteiger charge is 2.24. The predicted octanol–water partition coefficient (Wildman–Crippen LogP) is 1.83. The highest BCUT2D eigenvalue weighted by atomic mass is 16.3. The number of rotatable bonds is 2. The van der Waals surface area contributed by atoms with Crippen LogP contribution in [0.25, 0.3) is 11.1 Å². The number of carbonyl (C=O) groups is 2. The Hall–Kier alpha value is -2.37. The van der Waals surface area contributed by atoms with Crippen molar-refractivity contribution in [2.45, 2.75) is 20.3 Å². The number of benzene rings is 1. The molecule has 0 radical (unpaired) electrons. The summed E-state index contributed by atoms with van der Waals surface area (Å²) in [5.41, 5.74) is 1.99. The maximum absolute atomic E-state index is 12.6. The van der Waals surface area contributed by atoms with Gasteiger partial charge in [-0.1, -0.05) is 6.92 Å². The second-order valence-electron chi connectivity index (χ2n) is 5.44. The van der Waals surface area contributed by atoms with Crippen molar-refractivity contribution in [3.05, 3.63) is 29.7 Å². The monoisotopic (exact) mass is 301 g/mol. The number of carbonyl (C=O) groups excluding carboxylic acids is 2. The van der Waals surface area contributed by atoms with Crippen LogP contribution < -0.4 is 0 Å². The Labute approximate surface area is 128 Å². The minimum absolute atomic E-state index is 0.0221. The lowest BCUT2D eigenvalue weighted by Gasteiger charge is -2.34. The Bertz CT molecular complexity index is 714. The molecule has 1 aromatic carbocycles. The second-order valence-corrected chi connectivity index (χ2v) is 5.44. The fourth-order valence-corrected chi connectivity index (χ4v) is 2.74. The second kappa shape index (κ2) is 5.79. The molecule has 0 saturated carbocycles. The molecule has 3 rings (SSSR count). The van der Waals surface area contributed by atoms with Crippen molar-refractivity contribution < 1.29 is 14.0 Å². The number of nitrogens with zero attached hydrogens (tertiary/aromatic N) is 3. The summed E-state index contributed by atoms with van der Waals surface area (Å²) in [4.78, 5) is 32.1. The van der Waals surface area contributed by atoms with Gasteiger partial charge in [0.2, 0.25) is 5.91 Å². The van der Waals surface area contributed by atoms with Crippen LogP contribution in [0.15, 0.2) is 22.6 Å². The average Bonchev–Trinajstić information content (AvgIpc) is 2.92. The molecule has 6 heteroatoms. The van der Waals surface area contributed by atoms with Crippen LogP contribution in [0.2, 0.25) is 0 Å². The van der Waals surface area contributed by atoms with Crippen LogP contribution in [-0.4, -0.2) is 52.8 Å². The molecular weight excluding hydrogens is 282 g/mol. The largest absolute Gasteiger partial charge is 0.441 e. The van der Waals surface area contributed by atoms with Crippen LogP contribution >= 0.6 is 0 Å². The van der Waals surface area contributed by atoms with E-state index < -0.39 is 0 Å². The van der Waals surface area contributed by atoms with Gasteiger partial charge in [0.15, 0.2) is 11.5 Å². The first-order valence-corrected chi connectivity index (χ1v) is 7.52. The first kappa shape index (κ1) is 14.6. The highest BCUT2D eigenvalue weighted by molar-refractivity contribution is 5.97. The van der Waals surface area contributed by atoms with Gasteiger partial charge in [0.05, 0.1) is 0 Å². The van der Waals surface area contributed by atoms with E-state index in [1.165, 1.54) is 0 Å². The number of amides is 2. The minimum Gasteiger partial charge on any atom is -0.441 e. The van der Waals surface area contributed by atoms with Crippen molar-refractivity contribution in [3.63, 3.8) is 0 Å². The molecule has 1 saturated heterocycles. The Morgan fingerprint density at radius 1 is 1.18 bits per heavy atom. The van der Waals surface area contributed by atoms with Gasteiger partial charge in [0.1, 0.15) is 5.52 Å². The van der Waals surface area contributed by atoms with E-state index in [0.717, 1.165) is 0 Å². The Morgan fingerprint density at radius 2 is 1.86 bits per heavy atom. The lowest BCUT2D eigenvalue weighted by atomic mass is 10.1. The quantitative estimate of drug-likeness (QED) is 0.849. The van der Waals surface area contributed by atoms with E-state index in [2.05, 4.69) is 4.98 Å². The highest BCUT2D eigenvalue weighted by Crippen LogP contribution is 2.18. The summed E-state index contributed by atoms with van der Waals surface area (Å²) in [5, 5.41) is 0. The molecule has 22 heavy (non-hydrogen) atoms. The zero-order valence-electron chi connectivity index (χ0n) is 12.8. The molecule has 1 fully saturated rings. The van der Waals surface area contributed by atoms with Crippen LogP contribution in [-0.2, 0) is 4.79 Å². The van der Waals surface area contributed by atoms with Gasteiger partial charge in [0, 0.05) is 45.1 Å². The van der Waals surface area contributed by atoms with E-state index in [9.17, 15) is 9.59 Å². The zero-order chi connectivity index (χ0) is 15.7. The summed E-state index contributed by atoms with van der Waals surface area (Å²) in [6.07, 6.45) is 0.510. The number of piperazine rings is 1. The van der Waals surface area contributed by atoms with Crippen LogP contribution in [0.1, 0.15) is 29.6 Å². The Kier molecular flexibility index (Phi) is 3.83. The number of aryl methyl sites for hydroxylation is 1. The first-order chi connectivity index (χ1) is 10.6. The number of aromatic nitrogens is 1. The number of hydrogen-bond acceptors (Lipinski definition) is 4. The van der Waals surface area contributed by atoms with Crippen molar-refractivity contribution in [3.8, 4) is 0 Å². The molecule has 0 N–H and O–H groups in total. The lowest BCUT2D eigenvalue weighted by molar-refractivity contribution is -0.132. The molecule has 0 atom stereocenters. The lowest BCUT2D eigenvalue weighted by Crippen LogP contribution is -2.50. The number of oxazole rings is 1. The van der Waals surface area contributed by atoms with Gasteiger partial charge in [0.25, 0.3) is 5.91 Å². The number of hydrogen-bond donors (Lipinski definition) is 0. The van der Waals surface area contributed by atoms with Crippen molar-refractivity contribution in [2.75, 3.05) is 26.2 Å². The molecule has 1 aliphatic rings. The molecule has 2 amide bonds. The molecule has 0 aliphatic carbocycles. The van der Waals surface area contributed by atoms with E-state index >= 15 is 0 Å². The van der Waals surface area contributed by atoms with Gasteiger partial charge in [-0.3, -0.25) is 9.59 Å². The van der Waals surface area contributed by atoms with Crippen LogP contribution in [0.3, 0.4) is 0 Å². The van der Waals surface area contributed by atoms with Gasteiger partial charge in [-0.15, -0.1) is 0 Å². The third-order valence-electron chi connectivity index (χ3n) is 3.96. The molecular formula is C16H19N3O3. The third-order valence-corrected chi connectivity index (χ3v) is 3.96. The maximum atomic E-state index is 12.6. The molecule has 2 aromatic rings. The fraction of sp³-hybridized carbons (Fsp3) is 0.438. The molecule has 1 aromatic heterocycles.